The monoisotopic (exact) mass is 341 g/mol. The molecule has 0 aromatic carbocycles. The first-order chi connectivity index (χ1) is 11.8. The van der Waals surface area contributed by atoms with Gasteiger partial charge in [0.1, 0.15) is 5.78 Å². The molecule has 4 heteroatoms. The lowest BCUT2D eigenvalue weighted by Gasteiger charge is -2.60. The molecule has 2 heterocycles. The van der Waals surface area contributed by atoms with Gasteiger partial charge in [0.25, 0.3) is 0 Å². The molecular formula is C21H27NO3. The van der Waals surface area contributed by atoms with Crippen LogP contribution >= 0.6 is 0 Å². The van der Waals surface area contributed by atoms with Crippen LogP contribution < -0.4 is 0 Å². The number of carbonyl (C=O) groups is 2. The second-order valence-electron chi connectivity index (χ2n) is 10.1. The largest absolute Gasteiger partial charge is 0.385 e. The molecular weight excluding hydrogens is 314 g/mol. The molecule has 0 aromatic rings. The normalized spacial score (nSPS) is 56.4. The molecule has 2 aliphatic heterocycles. The van der Waals surface area contributed by atoms with E-state index in [1.165, 1.54) is 0 Å². The molecule has 1 spiro atoms. The number of nitrogens with zero attached hydrogens (tertiary/aromatic N) is 1. The maximum atomic E-state index is 14.0. The summed E-state index contributed by atoms with van der Waals surface area (Å²) in [6.45, 7) is 6.68. The van der Waals surface area contributed by atoms with Crippen molar-refractivity contribution < 1.29 is 14.7 Å². The fourth-order valence-corrected chi connectivity index (χ4v) is 8.44. The lowest BCUT2D eigenvalue weighted by molar-refractivity contribution is -0.159. The fraction of sp³-hybridized carbons (Fsp3) is 0.810. The predicted molar refractivity (Wildman–Crippen MR) is 91.7 cm³/mol. The van der Waals surface area contributed by atoms with Crippen LogP contribution in [0.4, 0.5) is 0 Å². The van der Waals surface area contributed by atoms with E-state index < -0.39 is 11.0 Å². The SMILES string of the molecule is C[C@H]1CN2C[C@H]3CC[C@@]4(O)CC(=O)C5=C4[C@@]4(CC5)C(=O)[C@@H]1C[C@@H]2[C@@]34C. The van der Waals surface area contributed by atoms with Gasteiger partial charge in [0.2, 0.25) is 0 Å². The molecule has 6 aliphatic rings. The molecule has 6 rings (SSSR count). The number of hydrogen-bond acceptors (Lipinski definition) is 4. The average Bonchev–Trinajstić information content (AvgIpc) is 3.15. The van der Waals surface area contributed by atoms with Gasteiger partial charge in [-0.3, -0.25) is 14.5 Å². The zero-order chi connectivity index (χ0) is 17.4. The molecule has 0 unspecified atom stereocenters. The minimum absolute atomic E-state index is 0.104. The van der Waals surface area contributed by atoms with E-state index in [0.29, 0.717) is 36.5 Å². The Morgan fingerprint density at radius 2 is 2.00 bits per heavy atom. The molecule has 4 aliphatic carbocycles. The highest BCUT2D eigenvalue weighted by Gasteiger charge is 2.76. The van der Waals surface area contributed by atoms with E-state index in [2.05, 4.69) is 18.7 Å². The number of fused-ring (bicyclic) bond motifs is 1. The van der Waals surface area contributed by atoms with Gasteiger partial charge in [-0.25, -0.2) is 0 Å². The van der Waals surface area contributed by atoms with Crippen LogP contribution in [0.5, 0.6) is 0 Å². The van der Waals surface area contributed by atoms with E-state index in [1.807, 2.05) is 0 Å². The second kappa shape index (κ2) is 4.12. The highest BCUT2D eigenvalue weighted by molar-refractivity contribution is 6.06. The third kappa shape index (κ3) is 1.34. The molecule has 0 radical (unpaired) electrons. The maximum Gasteiger partial charge on any atom is 0.162 e. The molecule has 2 saturated carbocycles. The first-order valence-electron chi connectivity index (χ1n) is 10.1. The molecule has 25 heavy (non-hydrogen) atoms. The van der Waals surface area contributed by atoms with Crippen molar-refractivity contribution in [3.63, 3.8) is 0 Å². The van der Waals surface area contributed by atoms with Crippen LogP contribution in [0, 0.1) is 28.6 Å². The van der Waals surface area contributed by atoms with Crippen LogP contribution in [0.15, 0.2) is 11.1 Å². The summed E-state index contributed by atoms with van der Waals surface area (Å²) in [6, 6.07) is 0.446. The molecule has 1 N–H and O–H groups in total. The second-order valence-corrected chi connectivity index (χ2v) is 10.1. The topological polar surface area (TPSA) is 57.6 Å². The Labute approximate surface area is 148 Å². The molecule has 2 saturated heterocycles. The maximum absolute atomic E-state index is 14.0. The number of Topliss-reactive ketones (excluding diaryl/α,β-unsaturated/α-hetero) is 2. The van der Waals surface area contributed by atoms with E-state index >= 15 is 0 Å². The summed E-state index contributed by atoms with van der Waals surface area (Å²) in [7, 11) is 0. The van der Waals surface area contributed by atoms with Crippen molar-refractivity contribution >= 4 is 11.6 Å². The van der Waals surface area contributed by atoms with Crippen molar-refractivity contribution in [1.82, 2.24) is 4.90 Å². The lowest BCUT2D eigenvalue weighted by atomic mass is 9.45. The fourth-order valence-electron chi connectivity index (χ4n) is 8.44. The Balaban J connectivity index is 1.68. The zero-order valence-electron chi connectivity index (χ0n) is 15.2. The molecule has 7 atom stereocenters. The van der Waals surface area contributed by atoms with Crippen LogP contribution in [0.25, 0.3) is 0 Å². The predicted octanol–water partition coefficient (Wildman–Crippen LogP) is 2.11. The van der Waals surface area contributed by atoms with E-state index in [-0.39, 0.29) is 23.5 Å². The van der Waals surface area contributed by atoms with Crippen molar-refractivity contribution in [2.75, 3.05) is 13.1 Å². The smallest absolute Gasteiger partial charge is 0.162 e. The van der Waals surface area contributed by atoms with E-state index in [0.717, 1.165) is 43.5 Å². The van der Waals surface area contributed by atoms with Crippen molar-refractivity contribution in [2.45, 2.75) is 64.0 Å². The third-order valence-electron chi connectivity index (χ3n) is 9.44. The van der Waals surface area contributed by atoms with E-state index in [9.17, 15) is 14.7 Å². The summed E-state index contributed by atoms with van der Waals surface area (Å²) < 4.78 is 0. The standard InChI is InChI=1S/C21H27NO3/c1-11-9-22-10-12-3-5-20(25)8-15(23)13-4-6-21(17(13)20)18(24)14(11)7-16(22)19(12,21)2/h11-12,14,16,25H,3-10H2,1-2H3/t11-,12+,14+,16+,19+,20+,21-/m0/s1. The Morgan fingerprint density at radius 3 is 2.80 bits per heavy atom. The number of carbonyl (C=O) groups excluding carboxylic acids is 2. The van der Waals surface area contributed by atoms with E-state index in [1.54, 1.807) is 0 Å². The molecule has 4 fully saturated rings. The van der Waals surface area contributed by atoms with Gasteiger partial charge in [0.15, 0.2) is 5.78 Å². The van der Waals surface area contributed by atoms with Crippen molar-refractivity contribution in [3.05, 3.63) is 11.1 Å². The summed E-state index contributed by atoms with van der Waals surface area (Å²) in [5.41, 5.74) is 0.0365. The Bertz CT molecular complexity index is 771. The molecule has 134 valence electrons. The van der Waals surface area contributed by atoms with Gasteiger partial charge in [-0.2, -0.15) is 0 Å². The first kappa shape index (κ1) is 15.1. The Hall–Kier alpha value is -1.00. The van der Waals surface area contributed by atoms with Gasteiger partial charge in [0.05, 0.1) is 11.0 Å². The summed E-state index contributed by atoms with van der Waals surface area (Å²) in [4.78, 5) is 29.3. The van der Waals surface area contributed by atoms with Crippen molar-refractivity contribution in [3.8, 4) is 0 Å². The highest BCUT2D eigenvalue weighted by Crippen LogP contribution is 2.73. The van der Waals surface area contributed by atoms with Crippen LogP contribution in [-0.4, -0.2) is 46.3 Å². The molecule has 4 nitrogen and oxygen atoms in total. The average molecular weight is 341 g/mol. The number of ketones is 2. The van der Waals surface area contributed by atoms with Crippen LogP contribution in [-0.2, 0) is 9.59 Å². The molecule has 2 bridgehead atoms. The Kier molecular flexibility index (Phi) is 2.49. The lowest BCUT2D eigenvalue weighted by Crippen LogP contribution is -2.65. The van der Waals surface area contributed by atoms with Crippen LogP contribution in [0.2, 0.25) is 0 Å². The number of rotatable bonds is 0. The number of hydrogen-bond donors (Lipinski definition) is 1. The van der Waals surface area contributed by atoms with Crippen LogP contribution in [0.1, 0.15) is 52.4 Å². The van der Waals surface area contributed by atoms with Gasteiger partial charge in [-0.1, -0.05) is 13.8 Å². The molecule has 0 amide bonds. The number of piperidine rings is 1. The number of aliphatic hydroxyl groups is 1. The van der Waals surface area contributed by atoms with Gasteiger partial charge in [0, 0.05) is 36.9 Å². The number of allylic oxidation sites excluding steroid dienone is 1. The van der Waals surface area contributed by atoms with Gasteiger partial charge < -0.3 is 5.11 Å². The van der Waals surface area contributed by atoms with Crippen LogP contribution in [0.3, 0.4) is 0 Å². The third-order valence-corrected chi connectivity index (χ3v) is 9.44. The van der Waals surface area contributed by atoms with Gasteiger partial charge >= 0.3 is 0 Å². The summed E-state index contributed by atoms with van der Waals surface area (Å²) in [5, 5.41) is 11.5. The first-order valence-corrected chi connectivity index (χ1v) is 10.1. The minimum Gasteiger partial charge on any atom is -0.385 e. The summed E-state index contributed by atoms with van der Waals surface area (Å²) in [6.07, 6.45) is 4.29. The Morgan fingerprint density at radius 1 is 1.20 bits per heavy atom. The summed E-state index contributed by atoms with van der Waals surface area (Å²) in [5.74, 6) is 1.45. The van der Waals surface area contributed by atoms with Gasteiger partial charge in [-0.05, 0) is 55.1 Å². The zero-order valence-corrected chi connectivity index (χ0v) is 15.2. The highest BCUT2D eigenvalue weighted by atomic mass is 16.3. The van der Waals surface area contributed by atoms with Gasteiger partial charge in [-0.15, -0.1) is 0 Å². The van der Waals surface area contributed by atoms with Crippen molar-refractivity contribution in [1.29, 1.82) is 0 Å². The van der Waals surface area contributed by atoms with E-state index in [4.69, 9.17) is 0 Å². The molecule has 0 aromatic heterocycles. The van der Waals surface area contributed by atoms with Crippen molar-refractivity contribution in [2.24, 2.45) is 28.6 Å². The minimum atomic E-state index is -1.04. The summed E-state index contributed by atoms with van der Waals surface area (Å²) >= 11 is 0. The quantitative estimate of drug-likeness (QED) is 0.733.